The number of nitrogens with one attached hydrogen (secondary N) is 2. The molecule has 0 aliphatic carbocycles. The normalized spacial score (nSPS) is 13.5. The minimum Gasteiger partial charge on any atom is -0.506 e. The van der Waals surface area contributed by atoms with Crippen LogP contribution in [-0.2, 0) is 16.4 Å². The van der Waals surface area contributed by atoms with E-state index in [1.807, 2.05) is 0 Å². The van der Waals surface area contributed by atoms with Gasteiger partial charge in [-0.05, 0) is 53.9 Å². The fraction of sp³-hybridized carbons (Fsp3) is 0.217. The molecule has 3 rings (SSSR count). The first-order chi connectivity index (χ1) is 15.3. The number of phenols is 1. The molecule has 5 N–H and O–H groups in total. The lowest BCUT2D eigenvalue weighted by Crippen LogP contribution is -2.37. The molecule has 0 fully saturated rings. The molecule has 0 aromatic heterocycles. The molecule has 0 spiro atoms. The number of rotatable bonds is 10. The second kappa shape index (κ2) is 10.8. The highest BCUT2D eigenvalue weighted by molar-refractivity contribution is 7.92. The maximum atomic E-state index is 12.6. The highest BCUT2D eigenvalue weighted by Gasteiger charge is 2.17. The van der Waals surface area contributed by atoms with Gasteiger partial charge in [-0.25, -0.2) is 8.42 Å². The average Bonchev–Trinajstić information content (AvgIpc) is 2.79. The highest BCUT2D eigenvalue weighted by atomic mass is 35.5. The van der Waals surface area contributed by atoms with Crippen LogP contribution in [0.15, 0.2) is 77.7 Å². The Morgan fingerprint density at radius 2 is 1.72 bits per heavy atom. The van der Waals surface area contributed by atoms with Gasteiger partial charge in [0.05, 0.1) is 23.3 Å². The van der Waals surface area contributed by atoms with Gasteiger partial charge in [0, 0.05) is 17.6 Å². The number of aliphatic hydroxyl groups excluding tert-OH is 2. The summed E-state index contributed by atoms with van der Waals surface area (Å²) in [5.74, 6) is -0.210. The topological polar surface area (TPSA) is 119 Å². The van der Waals surface area contributed by atoms with Crippen LogP contribution in [0.5, 0.6) is 5.75 Å². The summed E-state index contributed by atoms with van der Waals surface area (Å²) in [4.78, 5) is 0.0784. The van der Waals surface area contributed by atoms with Crippen molar-refractivity contribution in [2.24, 2.45) is 0 Å². The zero-order valence-electron chi connectivity index (χ0n) is 17.1. The molecule has 0 bridgehead atoms. The highest BCUT2D eigenvalue weighted by Crippen LogP contribution is 2.27. The van der Waals surface area contributed by atoms with Gasteiger partial charge >= 0.3 is 0 Å². The maximum absolute atomic E-state index is 12.6. The third-order valence-corrected chi connectivity index (χ3v) is 6.51. The summed E-state index contributed by atoms with van der Waals surface area (Å²) in [6.45, 7) is -0.00857. The monoisotopic (exact) mass is 476 g/mol. The second-order valence-electron chi connectivity index (χ2n) is 7.33. The van der Waals surface area contributed by atoms with Crippen molar-refractivity contribution in [3.63, 3.8) is 0 Å². The maximum Gasteiger partial charge on any atom is 0.262 e. The number of halogens is 1. The predicted molar refractivity (Wildman–Crippen MR) is 124 cm³/mol. The number of sulfonamides is 1. The van der Waals surface area contributed by atoms with Gasteiger partial charge in [0.1, 0.15) is 5.75 Å². The van der Waals surface area contributed by atoms with Crippen LogP contribution in [0.3, 0.4) is 0 Å². The Hall–Kier alpha value is -2.62. The molecule has 170 valence electrons. The molecule has 0 radical (unpaired) electrons. The van der Waals surface area contributed by atoms with Crippen molar-refractivity contribution >= 4 is 27.3 Å². The third kappa shape index (κ3) is 6.44. The number of aliphatic hydroxyl groups is 2. The van der Waals surface area contributed by atoms with Gasteiger partial charge in [0.15, 0.2) is 0 Å². The molecule has 0 unspecified atom stereocenters. The largest absolute Gasteiger partial charge is 0.506 e. The van der Waals surface area contributed by atoms with Crippen LogP contribution < -0.4 is 10.0 Å². The van der Waals surface area contributed by atoms with E-state index in [1.165, 1.54) is 24.3 Å². The Kier molecular flexibility index (Phi) is 8.11. The van der Waals surface area contributed by atoms with E-state index in [1.54, 1.807) is 48.5 Å². The lowest BCUT2D eigenvalue weighted by Gasteiger charge is -2.20. The average molecular weight is 477 g/mol. The summed E-state index contributed by atoms with van der Waals surface area (Å²) < 4.78 is 27.5. The summed E-state index contributed by atoms with van der Waals surface area (Å²) in [6, 6.07) is 18.9. The number of aromatic hydroxyl groups is 1. The summed E-state index contributed by atoms with van der Waals surface area (Å²) in [7, 11) is -3.86. The first-order valence-corrected chi connectivity index (χ1v) is 11.8. The van der Waals surface area contributed by atoms with Crippen molar-refractivity contribution in [1.29, 1.82) is 0 Å². The van der Waals surface area contributed by atoms with Gasteiger partial charge in [0.25, 0.3) is 10.0 Å². The van der Waals surface area contributed by atoms with Gasteiger partial charge in [-0.1, -0.05) is 48.0 Å². The van der Waals surface area contributed by atoms with Crippen LogP contribution >= 0.6 is 11.6 Å². The van der Waals surface area contributed by atoms with Crippen molar-refractivity contribution in [3.8, 4) is 5.75 Å². The molecule has 7 nitrogen and oxygen atoms in total. The van der Waals surface area contributed by atoms with E-state index in [4.69, 9.17) is 11.6 Å². The van der Waals surface area contributed by atoms with E-state index < -0.39 is 22.2 Å². The fourth-order valence-electron chi connectivity index (χ4n) is 3.19. The number of hydrogen-bond donors (Lipinski definition) is 5. The van der Waals surface area contributed by atoms with Crippen molar-refractivity contribution in [2.75, 3.05) is 17.9 Å². The van der Waals surface area contributed by atoms with E-state index in [0.717, 1.165) is 0 Å². The van der Waals surface area contributed by atoms with Crippen LogP contribution in [0, 0.1) is 0 Å². The van der Waals surface area contributed by atoms with Gasteiger partial charge in [-0.3, -0.25) is 4.72 Å². The SMILES string of the molecule is O=S(=O)(Nc1cc(C[C@@H](CO)NC[C@H](O)c2cccc(Cl)c2)ccc1O)c1ccccc1. The van der Waals surface area contributed by atoms with E-state index in [2.05, 4.69) is 10.0 Å². The Labute approximate surface area is 192 Å². The molecule has 2 atom stereocenters. The molecule has 0 heterocycles. The van der Waals surface area contributed by atoms with Crippen molar-refractivity contribution < 1.29 is 23.7 Å². The summed E-state index contributed by atoms with van der Waals surface area (Å²) >= 11 is 5.96. The number of phenolic OH excluding ortho intramolecular Hbond substituents is 1. The number of anilines is 1. The van der Waals surface area contributed by atoms with Crippen LogP contribution in [0.25, 0.3) is 0 Å². The molecular formula is C23H25ClN2O5S. The number of benzene rings is 3. The summed E-state index contributed by atoms with van der Waals surface area (Å²) in [6.07, 6.45) is -0.463. The quantitative estimate of drug-likeness (QED) is 0.287. The Balaban J connectivity index is 1.67. The molecule has 0 saturated heterocycles. The molecule has 0 aliphatic heterocycles. The van der Waals surface area contributed by atoms with Crippen molar-refractivity contribution in [1.82, 2.24) is 5.32 Å². The van der Waals surface area contributed by atoms with Gasteiger partial charge in [-0.15, -0.1) is 0 Å². The van der Waals surface area contributed by atoms with Crippen LogP contribution in [0.4, 0.5) is 5.69 Å². The van der Waals surface area contributed by atoms with Crippen molar-refractivity contribution in [2.45, 2.75) is 23.5 Å². The number of hydrogen-bond acceptors (Lipinski definition) is 6. The van der Waals surface area contributed by atoms with Gasteiger partial charge < -0.3 is 20.6 Å². The molecule has 3 aromatic rings. The van der Waals surface area contributed by atoms with Crippen LogP contribution in [0.2, 0.25) is 5.02 Å². The van der Waals surface area contributed by atoms with Gasteiger partial charge in [0.2, 0.25) is 0 Å². The first kappa shape index (κ1) is 24.0. The third-order valence-electron chi connectivity index (χ3n) is 4.89. The fourth-order valence-corrected chi connectivity index (χ4v) is 4.48. The second-order valence-corrected chi connectivity index (χ2v) is 9.45. The molecule has 0 aliphatic rings. The smallest absolute Gasteiger partial charge is 0.262 e. The minimum atomic E-state index is -3.86. The predicted octanol–water partition coefficient (Wildman–Crippen LogP) is 3.07. The minimum absolute atomic E-state index is 0.0435. The van der Waals surface area contributed by atoms with E-state index in [0.29, 0.717) is 22.6 Å². The molecular weight excluding hydrogens is 452 g/mol. The van der Waals surface area contributed by atoms with E-state index in [-0.39, 0.29) is 29.5 Å². The zero-order chi connectivity index (χ0) is 23.1. The van der Waals surface area contributed by atoms with E-state index >= 15 is 0 Å². The molecule has 9 heteroatoms. The lowest BCUT2D eigenvalue weighted by molar-refractivity contribution is 0.158. The molecule has 0 amide bonds. The van der Waals surface area contributed by atoms with Crippen molar-refractivity contribution in [3.05, 3.63) is 88.9 Å². The molecule has 32 heavy (non-hydrogen) atoms. The van der Waals surface area contributed by atoms with Crippen LogP contribution in [-0.4, -0.2) is 42.9 Å². The lowest BCUT2D eigenvalue weighted by atomic mass is 10.0. The molecule has 0 saturated carbocycles. The Bertz CT molecular complexity index is 1140. The summed E-state index contributed by atoms with van der Waals surface area (Å²) in [5.41, 5.74) is 1.39. The van der Waals surface area contributed by atoms with Crippen LogP contribution in [0.1, 0.15) is 17.2 Å². The standard InChI is InChI=1S/C23H25ClN2O5S/c24-18-6-4-5-17(13-18)23(29)14-25-19(15-27)11-16-9-10-22(28)21(12-16)26-32(30,31)20-7-2-1-3-8-20/h1-10,12-13,19,23,25-29H,11,14-15H2/t19-,23-/m0/s1. The summed E-state index contributed by atoms with van der Waals surface area (Å²) in [5, 5.41) is 33.9. The Morgan fingerprint density at radius 3 is 2.41 bits per heavy atom. The van der Waals surface area contributed by atoms with E-state index in [9.17, 15) is 23.7 Å². The first-order valence-electron chi connectivity index (χ1n) is 9.96. The Morgan fingerprint density at radius 1 is 0.969 bits per heavy atom. The molecule has 3 aromatic carbocycles. The van der Waals surface area contributed by atoms with Gasteiger partial charge in [-0.2, -0.15) is 0 Å². The zero-order valence-corrected chi connectivity index (χ0v) is 18.7.